The SMILES string of the molecule is C#C.CC.CCOC(=O)/C=C/CCc1ccccc1.NO. The molecule has 0 heterocycles. The largest absolute Gasteiger partial charge is 0.463 e. The van der Waals surface area contributed by atoms with E-state index in [0.29, 0.717) is 6.61 Å². The molecule has 0 atom stereocenters. The van der Waals surface area contributed by atoms with Crippen LogP contribution in [0.25, 0.3) is 0 Å². The van der Waals surface area contributed by atoms with Crippen LogP contribution in [0.4, 0.5) is 0 Å². The van der Waals surface area contributed by atoms with E-state index in [0.717, 1.165) is 12.8 Å². The number of nitrogens with two attached hydrogens (primary N) is 1. The fourth-order valence-corrected chi connectivity index (χ4v) is 1.26. The molecule has 4 nitrogen and oxygen atoms in total. The number of carbonyl (C=O) groups excluding carboxylic acids is 1. The molecular formula is C17H27NO3. The molecule has 4 heteroatoms. The Kier molecular flexibility index (Phi) is 26.3. The third kappa shape index (κ3) is 17.9. The topological polar surface area (TPSA) is 72.5 Å². The van der Waals surface area contributed by atoms with E-state index in [9.17, 15) is 4.79 Å². The summed E-state index contributed by atoms with van der Waals surface area (Å²) in [5.74, 6) is 3.24. The van der Waals surface area contributed by atoms with Gasteiger partial charge >= 0.3 is 5.97 Å². The normalized spacial score (nSPS) is 8.14. The van der Waals surface area contributed by atoms with E-state index in [1.54, 1.807) is 6.92 Å². The maximum Gasteiger partial charge on any atom is 0.330 e. The molecule has 0 saturated heterocycles. The second-order valence-corrected chi connectivity index (χ2v) is 3.18. The van der Waals surface area contributed by atoms with Crippen molar-refractivity contribution < 1.29 is 14.7 Å². The van der Waals surface area contributed by atoms with Crippen molar-refractivity contribution in [2.75, 3.05) is 6.61 Å². The standard InChI is InChI=1S/C13H16O2.C2H6.C2H2.H3NO/c1-2-15-13(14)11-7-6-10-12-8-4-3-5-9-12;3*1-2/h3-5,7-9,11H,2,6,10H2,1H3;1-2H3;1-2H;2H,1H2/b11-7+;;;. The summed E-state index contributed by atoms with van der Waals surface area (Å²) in [6, 6.07) is 10.2. The Labute approximate surface area is 128 Å². The van der Waals surface area contributed by atoms with Gasteiger partial charge in [0.15, 0.2) is 0 Å². The van der Waals surface area contributed by atoms with E-state index < -0.39 is 0 Å². The molecule has 0 unspecified atom stereocenters. The Morgan fingerprint density at radius 3 is 2.24 bits per heavy atom. The van der Waals surface area contributed by atoms with Crippen LogP contribution < -0.4 is 5.90 Å². The highest BCUT2D eigenvalue weighted by molar-refractivity contribution is 5.81. The van der Waals surface area contributed by atoms with Crippen LogP contribution in [0.3, 0.4) is 0 Å². The second-order valence-electron chi connectivity index (χ2n) is 3.18. The smallest absolute Gasteiger partial charge is 0.330 e. The zero-order valence-electron chi connectivity index (χ0n) is 13.2. The van der Waals surface area contributed by atoms with Gasteiger partial charge in [-0.2, -0.15) is 0 Å². The van der Waals surface area contributed by atoms with Gasteiger partial charge in [-0.05, 0) is 25.3 Å². The summed E-state index contributed by atoms with van der Waals surface area (Å²) in [6.07, 6.45) is 13.2. The van der Waals surface area contributed by atoms with Gasteiger partial charge in [-0.3, -0.25) is 0 Å². The molecule has 0 saturated carbocycles. The highest BCUT2D eigenvalue weighted by Gasteiger charge is 1.93. The second kappa shape index (κ2) is 23.0. The zero-order valence-corrected chi connectivity index (χ0v) is 13.2. The number of carbonyl (C=O) groups is 1. The molecule has 0 aromatic heterocycles. The molecule has 0 bridgehead atoms. The molecule has 118 valence electrons. The minimum atomic E-state index is -0.259. The van der Waals surface area contributed by atoms with Crippen molar-refractivity contribution in [2.24, 2.45) is 5.90 Å². The molecule has 3 N–H and O–H groups in total. The molecule has 21 heavy (non-hydrogen) atoms. The van der Waals surface area contributed by atoms with Crippen LogP contribution in [0, 0.1) is 12.8 Å². The van der Waals surface area contributed by atoms with Crippen molar-refractivity contribution in [3.05, 3.63) is 48.0 Å². The molecule has 1 aromatic carbocycles. The number of ether oxygens (including phenoxy) is 1. The number of esters is 1. The fraction of sp³-hybridized carbons (Fsp3) is 0.353. The van der Waals surface area contributed by atoms with Crippen LogP contribution in [-0.4, -0.2) is 17.8 Å². The van der Waals surface area contributed by atoms with Gasteiger partial charge in [-0.25, -0.2) is 10.7 Å². The summed E-state index contributed by atoms with van der Waals surface area (Å²) < 4.78 is 4.77. The maximum atomic E-state index is 10.9. The summed E-state index contributed by atoms with van der Waals surface area (Å²) >= 11 is 0. The Hall–Kier alpha value is -2.09. The lowest BCUT2D eigenvalue weighted by molar-refractivity contribution is -0.137. The Morgan fingerprint density at radius 1 is 1.24 bits per heavy atom. The van der Waals surface area contributed by atoms with Crippen molar-refractivity contribution in [2.45, 2.75) is 33.6 Å². The van der Waals surface area contributed by atoms with Crippen molar-refractivity contribution in [1.29, 1.82) is 0 Å². The molecule has 0 aliphatic heterocycles. The highest BCUT2D eigenvalue weighted by atomic mass is 16.5. The minimum Gasteiger partial charge on any atom is -0.463 e. The Balaban J connectivity index is -0.000000478. The number of terminal acetylenes is 1. The predicted octanol–water partition coefficient (Wildman–Crippen LogP) is 3.35. The Morgan fingerprint density at radius 2 is 1.76 bits per heavy atom. The van der Waals surface area contributed by atoms with Gasteiger partial charge < -0.3 is 9.94 Å². The number of hydrogen-bond donors (Lipinski definition) is 2. The molecule has 0 amide bonds. The van der Waals surface area contributed by atoms with Crippen LogP contribution >= 0.6 is 0 Å². The zero-order chi connectivity index (χ0) is 16.9. The number of benzene rings is 1. The lowest BCUT2D eigenvalue weighted by atomic mass is 10.1. The number of rotatable bonds is 5. The molecule has 0 spiro atoms. The van der Waals surface area contributed by atoms with Crippen LogP contribution in [-0.2, 0) is 16.0 Å². The van der Waals surface area contributed by atoms with E-state index in [2.05, 4.69) is 30.9 Å². The first-order chi connectivity index (χ1) is 10.3. The van der Waals surface area contributed by atoms with Crippen molar-refractivity contribution >= 4 is 5.97 Å². The van der Waals surface area contributed by atoms with Gasteiger partial charge in [0.25, 0.3) is 0 Å². The summed E-state index contributed by atoms with van der Waals surface area (Å²) in [6.45, 7) is 6.23. The van der Waals surface area contributed by atoms with E-state index in [4.69, 9.17) is 9.94 Å². The molecule has 1 rings (SSSR count). The molecule has 0 radical (unpaired) electrons. The quantitative estimate of drug-likeness (QED) is 0.378. The average molecular weight is 293 g/mol. The van der Waals surface area contributed by atoms with Crippen molar-refractivity contribution in [3.63, 3.8) is 0 Å². The van der Waals surface area contributed by atoms with Crippen molar-refractivity contribution in [3.8, 4) is 12.8 Å². The van der Waals surface area contributed by atoms with Crippen LogP contribution in [0.5, 0.6) is 0 Å². The predicted molar refractivity (Wildman–Crippen MR) is 87.7 cm³/mol. The third-order valence-electron chi connectivity index (χ3n) is 1.98. The summed E-state index contributed by atoms with van der Waals surface area (Å²) in [5, 5.41) is 6.50. The summed E-state index contributed by atoms with van der Waals surface area (Å²) in [4.78, 5) is 10.9. The molecule has 0 fully saturated rings. The Bertz CT molecular complexity index is 359. The van der Waals surface area contributed by atoms with Gasteiger partial charge in [-0.1, -0.05) is 50.3 Å². The van der Waals surface area contributed by atoms with Gasteiger partial charge in [-0.15, -0.1) is 12.8 Å². The first-order valence-corrected chi connectivity index (χ1v) is 6.79. The molecule has 0 aliphatic rings. The van der Waals surface area contributed by atoms with E-state index >= 15 is 0 Å². The van der Waals surface area contributed by atoms with E-state index in [1.165, 1.54) is 11.6 Å². The van der Waals surface area contributed by atoms with Gasteiger partial charge in [0.2, 0.25) is 0 Å². The number of allylic oxidation sites excluding steroid dienone is 1. The van der Waals surface area contributed by atoms with Gasteiger partial charge in [0.1, 0.15) is 0 Å². The van der Waals surface area contributed by atoms with Crippen LogP contribution in [0.15, 0.2) is 42.5 Å². The summed E-state index contributed by atoms with van der Waals surface area (Å²) in [5.41, 5.74) is 1.28. The average Bonchev–Trinajstić information content (AvgIpc) is 2.58. The van der Waals surface area contributed by atoms with E-state index in [1.807, 2.05) is 38.1 Å². The lowest BCUT2D eigenvalue weighted by Gasteiger charge is -1.97. The first kappa shape index (κ1) is 24.0. The lowest BCUT2D eigenvalue weighted by Crippen LogP contribution is -1.98. The number of hydrogen-bond acceptors (Lipinski definition) is 4. The third-order valence-corrected chi connectivity index (χ3v) is 1.98. The highest BCUT2D eigenvalue weighted by Crippen LogP contribution is 2.02. The van der Waals surface area contributed by atoms with Crippen LogP contribution in [0.1, 0.15) is 32.8 Å². The fourth-order valence-electron chi connectivity index (χ4n) is 1.26. The summed E-state index contributed by atoms with van der Waals surface area (Å²) in [7, 11) is 0. The maximum absolute atomic E-state index is 10.9. The molecular weight excluding hydrogens is 266 g/mol. The van der Waals surface area contributed by atoms with E-state index in [-0.39, 0.29) is 5.97 Å². The van der Waals surface area contributed by atoms with Crippen LogP contribution in [0.2, 0.25) is 0 Å². The number of aryl methyl sites for hydroxylation is 1. The molecule has 1 aromatic rings. The van der Waals surface area contributed by atoms with Crippen molar-refractivity contribution in [1.82, 2.24) is 0 Å². The first-order valence-electron chi connectivity index (χ1n) is 6.79. The monoisotopic (exact) mass is 293 g/mol. The van der Waals surface area contributed by atoms with Gasteiger partial charge in [0, 0.05) is 6.08 Å². The molecule has 0 aliphatic carbocycles. The van der Waals surface area contributed by atoms with Gasteiger partial charge in [0.05, 0.1) is 6.61 Å². The minimum absolute atomic E-state index is 0.259.